The van der Waals surface area contributed by atoms with Gasteiger partial charge in [-0.15, -0.1) is 0 Å². The highest BCUT2D eigenvalue weighted by Crippen LogP contribution is 2.27. The molecule has 15 heavy (non-hydrogen) atoms. The minimum absolute atomic E-state index is 0.667. The molecule has 1 aliphatic rings. The molecule has 0 bridgehead atoms. The molecule has 1 N–H and O–H groups in total. The van der Waals surface area contributed by atoms with E-state index in [0.29, 0.717) is 18.4 Å². The summed E-state index contributed by atoms with van der Waals surface area (Å²) < 4.78 is 5.12. The van der Waals surface area contributed by atoms with Gasteiger partial charge in [0.1, 0.15) is 0 Å². The third kappa shape index (κ3) is 2.92. The van der Waals surface area contributed by atoms with Crippen LogP contribution >= 0.6 is 0 Å². The largest absolute Gasteiger partial charge is 0.342 e. The van der Waals surface area contributed by atoms with Gasteiger partial charge in [-0.25, -0.2) is 0 Å². The Kier molecular flexibility index (Phi) is 3.20. The second-order valence-electron chi connectivity index (χ2n) is 4.08. The Morgan fingerprint density at radius 3 is 3.00 bits per heavy atom. The number of hydrogen-bond acceptors (Lipinski definition) is 5. The van der Waals surface area contributed by atoms with Crippen LogP contribution in [0.1, 0.15) is 25.7 Å². The quantitative estimate of drug-likeness (QED) is 0.760. The SMILES string of the molecule is CCN(C)c1noc(CNCC2CC2)n1. The second kappa shape index (κ2) is 4.61. The first-order valence-electron chi connectivity index (χ1n) is 5.54. The first-order valence-corrected chi connectivity index (χ1v) is 5.54. The van der Waals surface area contributed by atoms with Gasteiger partial charge < -0.3 is 14.7 Å². The third-order valence-electron chi connectivity index (χ3n) is 2.68. The fourth-order valence-electron chi connectivity index (χ4n) is 1.32. The summed E-state index contributed by atoms with van der Waals surface area (Å²) in [5.74, 6) is 2.22. The van der Waals surface area contributed by atoms with Crippen LogP contribution in [0.4, 0.5) is 5.95 Å². The average molecular weight is 210 g/mol. The zero-order chi connectivity index (χ0) is 10.7. The predicted octanol–water partition coefficient (Wildman–Crippen LogP) is 1.03. The maximum Gasteiger partial charge on any atom is 0.265 e. The van der Waals surface area contributed by atoms with Crippen molar-refractivity contribution >= 4 is 5.95 Å². The molecule has 2 rings (SSSR count). The molecule has 1 aliphatic carbocycles. The summed E-state index contributed by atoms with van der Waals surface area (Å²) in [6.07, 6.45) is 2.72. The lowest BCUT2D eigenvalue weighted by Gasteiger charge is -2.08. The van der Waals surface area contributed by atoms with Crippen molar-refractivity contribution in [1.29, 1.82) is 0 Å². The summed E-state index contributed by atoms with van der Waals surface area (Å²) in [6, 6.07) is 0. The van der Waals surface area contributed by atoms with Crippen molar-refractivity contribution in [2.24, 2.45) is 5.92 Å². The minimum atomic E-state index is 0.667. The van der Waals surface area contributed by atoms with Crippen molar-refractivity contribution < 1.29 is 4.52 Å². The van der Waals surface area contributed by atoms with E-state index >= 15 is 0 Å². The molecule has 5 heteroatoms. The van der Waals surface area contributed by atoms with Gasteiger partial charge in [0.2, 0.25) is 5.89 Å². The Labute approximate surface area is 89.8 Å². The van der Waals surface area contributed by atoms with E-state index in [4.69, 9.17) is 4.52 Å². The molecule has 1 aromatic heterocycles. The van der Waals surface area contributed by atoms with E-state index < -0.39 is 0 Å². The van der Waals surface area contributed by atoms with E-state index in [1.807, 2.05) is 11.9 Å². The van der Waals surface area contributed by atoms with Crippen LogP contribution in [0.15, 0.2) is 4.52 Å². The second-order valence-corrected chi connectivity index (χ2v) is 4.08. The van der Waals surface area contributed by atoms with Crippen LogP contribution in [-0.2, 0) is 6.54 Å². The molecule has 84 valence electrons. The van der Waals surface area contributed by atoms with Gasteiger partial charge in [-0.2, -0.15) is 4.98 Å². The van der Waals surface area contributed by atoms with Gasteiger partial charge in [-0.05, 0) is 37.4 Å². The Hall–Kier alpha value is -1.10. The summed E-state index contributed by atoms with van der Waals surface area (Å²) in [4.78, 5) is 6.24. The molecule has 1 fully saturated rings. The van der Waals surface area contributed by atoms with Crippen LogP contribution in [-0.4, -0.2) is 30.3 Å². The van der Waals surface area contributed by atoms with Crippen LogP contribution in [0.5, 0.6) is 0 Å². The Morgan fingerprint density at radius 2 is 2.33 bits per heavy atom. The lowest BCUT2D eigenvalue weighted by molar-refractivity contribution is 0.366. The summed E-state index contributed by atoms with van der Waals surface area (Å²) >= 11 is 0. The average Bonchev–Trinajstić information content (AvgIpc) is 2.94. The van der Waals surface area contributed by atoms with Crippen molar-refractivity contribution in [2.45, 2.75) is 26.3 Å². The number of rotatable bonds is 6. The van der Waals surface area contributed by atoms with E-state index in [9.17, 15) is 0 Å². The van der Waals surface area contributed by atoms with E-state index in [1.54, 1.807) is 0 Å². The minimum Gasteiger partial charge on any atom is -0.342 e. The number of aromatic nitrogens is 2. The lowest BCUT2D eigenvalue weighted by atomic mass is 10.4. The van der Waals surface area contributed by atoms with E-state index in [0.717, 1.165) is 19.0 Å². The first-order chi connectivity index (χ1) is 7.29. The Balaban J connectivity index is 1.77. The molecule has 1 saturated carbocycles. The van der Waals surface area contributed by atoms with Crippen LogP contribution in [0.3, 0.4) is 0 Å². The fraction of sp³-hybridized carbons (Fsp3) is 0.800. The molecule has 5 nitrogen and oxygen atoms in total. The summed E-state index contributed by atoms with van der Waals surface area (Å²) in [6.45, 7) is 4.69. The monoisotopic (exact) mass is 210 g/mol. The molecule has 0 amide bonds. The molecule has 1 heterocycles. The number of hydrogen-bond donors (Lipinski definition) is 1. The van der Waals surface area contributed by atoms with Gasteiger partial charge >= 0.3 is 0 Å². The molecule has 0 spiro atoms. The molecular weight excluding hydrogens is 192 g/mol. The molecule has 0 aliphatic heterocycles. The highest BCUT2D eigenvalue weighted by Gasteiger charge is 2.20. The van der Waals surface area contributed by atoms with Gasteiger partial charge in [0.05, 0.1) is 6.54 Å². The molecule has 0 unspecified atom stereocenters. The van der Waals surface area contributed by atoms with E-state index in [-0.39, 0.29) is 0 Å². The number of nitrogens with zero attached hydrogens (tertiary/aromatic N) is 3. The molecule has 0 aromatic carbocycles. The van der Waals surface area contributed by atoms with Gasteiger partial charge in [0, 0.05) is 13.6 Å². The topological polar surface area (TPSA) is 54.2 Å². The third-order valence-corrected chi connectivity index (χ3v) is 2.68. The van der Waals surface area contributed by atoms with Crippen molar-refractivity contribution in [3.8, 4) is 0 Å². The molecular formula is C10H18N4O. The van der Waals surface area contributed by atoms with E-state index in [2.05, 4.69) is 22.4 Å². The van der Waals surface area contributed by atoms with Crippen LogP contribution < -0.4 is 10.2 Å². The first kappa shape index (κ1) is 10.4. The van der Waals surface area contributed by atoms with Gasteiger partial charge in [0.15, 0.2) is 0 Å². The fourth-order valence-corrected chi connectivity index (χ4v) is 1.32. The summed E-state index contributed by atoms with van der Waals surface area (Å²) in [5, 5.41) is 7.22. The Morgan fingerprint density at radius 1 is 1.53 bits per heavy atom. The highest BCUT2D eigenvalue weighted by atomic mass is 16.5. The number of nitrogens with one attached hydrogen (secondary N) is 1. The number of anilines is 1. The van der Waals surface area contributed by atoms with Crippen molar-refractivity contribution in [2.75, 3.05) is 25.0 Å². The molecule has 1 aromatic rings. The van der Waals surface area contributed by atoms with Crippen LogP contribution in [0, 0.1) is 5.92 Å². The zero-order valence-electron chi connectivity index (χ0n) is 9.36. The van der Waals surface area contributed by atoms with Crippen LogP contribution in [0.25, 0.3) is 0 Å². The lowest BCUT2D eigenvalue weighted by Crippen LogP contribution is -2.18. The van der Waals surface area contributed by atoms with Crippen LogP contribution in [0.2, 0.25) is 0 Å². The maximum atomic E-state index is 5.12. The molecule has 0 atom stereocenters. The molecule has 0 radical (unpaired) electrons. The van der Waals surface area contributed by atoms with E-state index in [1.165, 1.54) is 12.8 Å². The van der Waals surface area contributed by atoms with Gasteiger partial charge in [-0.3, -0.25) is 0 Å². The van der Waals surface area contributed by atoms with Crippen molar-refractivity contribution in [3.05, 3.63) is 5.89 Å². The van der Waals surface area contributed by atoms with Crippen molar-refractivity contribution in [3.63, 3.8) is 0 Å². The summed E-state index contributed by atoms with van der Waals surface area (Å²) in [5.41, 5.74) is 0. The molecule has 0 saturated heterocycles. The summed E-state index contributed by atoms with van der Waals surface area (Å²) in [7, 11) is 1.95. The normalized spacial score (nSPS) is 15.6. The van der Waals surface area contributed by atoms with Gasteiger partial charge in [-0.1, -0.05) is 0 Å². The smallest absolute Gasteiger partial charge is 0.265 e. The predicted molar refractivity (Wildman–Crippen MR) is 57.7 cm³/mol. The maximum absolute atomic E-state index is 5.12. The van der Waals surface area contributed by atoms with Crippen molar-refractivity contribution in [1.82, 2.24) is 15.5 Å². The van der Waals surface area contributed by atoms with Gasteiger partial charge in [0.25, 0.3) is 5.95 Å². The zero-order valence-corrected chi connectivity index (χ0v) is 9.36. The standard InChI is InChI=1S/C10H18N4O/c1-3-14(2)10-12-9(15-13-10)7-11-6-8-4-5-8/h8,11H,3-7H2,1-2H3. The highest BCUT2D eigenvalue weighted by molar-refractivity contribution is 5.24. The Bertz CT molecular complexity index is 308.